The monoisotopic (exact) mass is 349 g/mol. The molecule has 21 heavy (non-hydrogen) atoms. The molecular formula is C16H20BrN3O. The standard InChI is InChI=1S/C16H20BrN3O/c1-10-6-7-13(11(8-10)16(2,3)4)21-14-12(17)9-19-15(18-5)20-14/h6-9H,1-5H3,(H,18,19,20). The lowest BCUT2D eigenvalue weighted by Crippen LogP contribution is -2.13. The first-order chi connectivity index (χ1) is 9.81. The summed E-state index contributed by atoms with van der Waals surface area (Å²) in [4.78, 5) is 8.48. The largest absolute Gasteiger partial charge is 0.437 e. The van der Waals surface area contributed by atoms with E-state index >= 15 is 0 Å². The van der Waals surface area contributed by atoms with Crippen molar-refractivity contribution < 1.29 is 4.74 Å². The molecule has 0 saturated carbocycles. The van der Waals surface area contributed by atoms with Crippen LogP contribution in [0.5, 0.6) is 11.6 Å². The molecule has 0 bridgehead atoms. The number of nitrogens with zero attached hydrogens (tertiary/aromatic N) is 2. The Labute approximate surface area is 134 Å². The van der Waals surface area contributed by atoms with Gasteiger partial charge in [-0.2, -0.15) is 4.98 Å². The molecule has 0 aliphatic rings. The van der Waals surface area contributed by atoms with Crippen LogP contribution in [0.4, 0.5) is 5.95 Å². The first-order valence-electron chi connectivity index (χ1n) is 6.80. The number of ether oxygens (including phenoxy) is 1. The molecule has 1 N–H and O–H groups in total. The molecule has 0 saturated heterocycles. The van der Waals surface area contributed by atoms with Crippen LogP contribution >= 0.6 is 15.9 Å². The van der Waals surface area contributed by atoms with Crippen LogP contribution in [-0.4, -0.2) is 17.0 Å². The van der Waals surface area contributed by atoms with Crippen LogP contribution in [0.25, 0.3) is 0 Å². The SMILES string of the molecule is CNc1ncc(Br)c(Oc2ccc(C)cc2C(C)(C)C)n1. The molecule has 2 aromatic rings. The van der Waals surface area contributed by atoms with Gasteiger partial charge in [0.05, 0.1) is 10.7 Å². The second-order valence-corrected chi connectivity index (χ2v) is 6.80. The summed E-state index contributed by atoms with van der Waals surface area (Å²) in [5.74, 6) is 1.84. The fourth-order valence-electron chi connectivity index (χ4n) is 1.97. The average molecular weight is 350 g/mol. The smallest absolute Gasteiger partial charge is 0.238 e. The van der Waals surface area contributed by atoms with E-state index in [1.807, 2.05) is 12.1 Å². The van der Waals surface area contributed by atoms with E-state index in [0.717, 1.165) is 15.8 Å². The van der Waals surface area contributed by atoms with E-state index in [-0.39, 0.29) is 5.41 Å². The van der Waals surface area contributed by atoms with Crippen LogP contribution in [0, 0.1) is 6.92 Å². The van der Waals surface area contributed by atoms with Crippen LogP contribution in [-0.2, 0) is 5.41 Å². The van der Waals surface area contributed by atoms with Crippen LogP contribution in [0.1, 0.15) is 31.9 Å². The maximum Gasteiger partial charge on any atom is 0.238 e. The topological polar surface area (TPSA) is 47.0 Å². The van der Waals surface area contributed by atoms with E-state index in [2.05, 4.69) is 65.0 Å². The molecule has 0 amide bonds. The van der Waals surface area contributed by atoms with Crippen molar-refractivity contribution in [3.05, 3.63) is 40.0 Å². The Morgan fingerprint density at radius 2 is 1.95 bits per heavy atom. The van der Waals surface area contributed by atoms with Gasteiger partial charge >= 0.3 is 0 Å². The summed E-state index contributed by atoms with van der Waals surface area (Å²) in [7, 11) is 1.78. The highest BCUT2D eigenvalue weighted by molar-refractivity contribution is 9.10. The van der Waals surface area contributed by atoms with E-state index in [4.69, 9.17) is 4.74 Å². The molecule has 2 rings (SSSR count). The highest BCUT2D eigenvalue weighted by atomic mass is 79.9. The number of benzene rings is 1. The Hall–Kier alpha value is -1.62. The van der Waals surface area contributed by atoms with Crippen molar-refractivity contribution in [2.24, 2.45) is 0 Å². The zero-order valence-electron chi connectivity index (χ0n) is 13.0. The molecule has 0 aliphatic heterocycles. The molecule has 5 heteroatoms. The van der Waals surface area contributed by atoms with E-state index in [0.29, 0.717) is 11.8 Å². The zero-order valence-corrected chi connectivity index (χ0v) is 14.6. The summed E-state index contributed by atoms with van der Waals surface area (Å²) in [6, 6.07) is 6.19. The normalized spacial score (nSPS) is 11.3. The lowest BCUT2D eigenvalue weighted by atomic mass is 9.85. The minimum Gasteiger partial charge on any atom is -0.437 e. The van der Waals surface area contributed by atoms with E-state index in [1.54, 1.807) is 13.2 Å². The fraction of sp³-hybridized carbons (Fsp3) is 0.375. The number of anilines is 1. The first-order valence-corrected chi connectivity index (χ1v) is 7.60. The predicted octanol–water partition coefficient (Wildman–Crippen LogP) is 4.68. The van der Waals surface area contributed by atoms with Gasteiger partial charge in [0.15, 0.2) is 0 Å². The summed E-state index contributed by atoms with van der Waals surface area (Å²) in [5.41, 5.74) is 2.36. The highest BCUT2D eigenvalue weighted by Gasteiger charge is 2.20. The third-order valence-corrected chi connectivity index (χ3v) is 3.63. The molecule has 0 aliphatic carbocycles. The maximum absolute atomic E-state index is 6.03. The molecule has 0 spiro atoms. The minimum absolute atomic E-state index is 0.00725. The number of aryl methyl sites for hydroxylation is 1. The first kappa shape index (κ1) is 15.8. The Kier molecular flexibility index (Phi) is 4.52. The summed E-state index contributed by atoms with van der Waals surface area (Å²) >= 11 is 3.43. The predicted molar refractivity (Wildman–Crippen MR) is 89.2 cm³/mol. The summed E-state index contributed by atoms with van der Waals surface area (Å²) in [6.45, 7) is 8.59. The van der Waals surface area contributed by atoms with Gasteiger partial charge in [-0.3, -0.25) is 0 Å². The molecule has 112 valence electrons. The Bertz CT molecular complexity index is 650. The lowest BCUT2D eigenvalue weighted by Gasteiger charge is -2.23. The van der Waals surface area contributed by atoms with E-state index in [1.165, 1.54) is 5.56 Å². The van der Waals surface area contributed by atoms with Gasteiger partial charge in [-0.1, -0.05) is 38.5 Å². The van der Waals surface area contributed by atoms with Crippen LogP contribution in [0.15, 0.2) is 28.9 Å². The molecule has 0 radical (unpaired) electrons. The van der Waals surface area contributed by atoms with Gasteiger partial charge in [0.2, 0.25) is 11.8 Å². The Morgan fingerprint density at radius 3 is 2.57 bits per heavy atom. The average Bonchev–Trinajstić information content (AvgIpc) is 2.42. The molecule has 1 heterocycles. The van der Waals surface area contributed by atoms with Gasteiger partial charge in [-0.25, -0.2) is 4.98 Å². The van der Waals surface area contributed by atoms with Gasteiger partial charge < -0.3 is 10.1 Å². The number of aromatic nitrogens is 2. The van der Waals surface area contributed by atoms with Crippen LogP contribution in [0.3, 0.4) is 0 Å². The van der Waals surface area contributed by atoms with E-state index < -0.39 is 0 Å². The number of hydrogen-bond acceptors (Lipinski definition) is 4. The number of nitrogens with one attached hydrogen (secondary N) is 1. The van der Waals surface area contributed by atoms with Gasteiger partial charge in [0, 0.05) is 12.6 Å². The maximum atomic E-state index is 6.03. The van der Waals surface area contributed by atoms with E-state index in [9.17, 15) is 0 Å². The molecule has 0 unspecified atom stereocenters. The van der Waals surface area contributed by atoms with Gasteiger partial charge in [0.1, 0.15) is 5.75 Å². The minimum atomic E-state index is -0.00725. The Morgan fingerprint density at radius 1 is 1.24 bits per heavy atom. The molecular weight excluding hydrogens is 330 g/mol. The summed E-state index contributed by atoms with van der Waals surface area (Å²) in [6.07, 6.45) is 1.68. The second-order valence-electron chi connectivity index (χ2n) is 5.95. The van der Waals surface area contributed by atoms with Crippen molar-refractivity contribution in [3.63, 3.8) is 0 Å². The highest BCUT2D eigenvalue weighted by Crippen LogP contribution is 2.36. The van der Waals surface area contributed by atoms with Gasteiger partial charge in [-0.05, 0) is 34.3 Å². The van der Waals surface area contributed by atoms with Crippen LogP contribution < -0.4 is 10.1 Å². The van der Waals surface area contributed by atoms with Crippen molar-refractivity contribution in [3.8, 4) is 11.6 Å². The molecule has 0 atom stereocenters. The quantitative estimate of drug-likeness (QED) is 0.873. The molecule has 1 aromatic carbocycles. The number of halogens is 1. The van der Waals surface area contributed by atoms with Crippen LogP contribution in [0.2, 0.25) is 0 Å². The Balaban J connectivity index is 2.45. The summed E-state index contributed by atoms with van der Waals surface area (Å²) < 4.78 is 6.75. The van der Waals surface area contributed by atoms with Gasteiger partial charge in [-0.15, -0.1) is 0 Å². The molecule has 1 aromatic heterocycles. The zero-order chi connectivity index (χ0) is 15.6. The van der Waals surface area contributed by atoms with Crippen molar-refractivity contribution in [2.75, 3.05) is 12.4 Å². The third-order valence-electron chi connectivity index (χ3n) is 3.09. The number of rotatable bonds is 3. The summed E-state index contributed by atoms with van der Waals surface area (Å²) in [5, 5.41) is 2.91. The third kappa shape index (κ3) is 3.73. The van der Waals surface area contributed by atoms with Crippen molar-refractivity contribution in [1.82, 2.24) is 9.97 Å². The second kappa shape index (κ2) is 6.02. The van der Waals surface area contributed by atoms with Crippen molar-refractivity contribution in [1.29, 1.82) is 0 Å². The van der Waals surface area contributed by atoms with Crippen molar-refractivity contribution in [2.45, 2.75) is 33.1 Å². The lowest BCUT2D eigenvalue weighted by molar-refractivity contribution is 0.436. The van der Waals surface area contributed by atoms with Crippen molar-refractivity contribution >= 4 is 21.9 Å². The fourth-order valence-corrected chi connectivity index (χ4v) is 2.24. The molecule has 0 fully saturated rings. The van der Waals surface area contributed by atoms with Gasteiger partial charge in [0.25, 0.3) is 0 Å². The number of hydrogen-bond donors (Lipinski definition) is 1. The molecule has 4 nitrogen and oxygen atoms in total.